The molecular weight excluding hydrogens is 504 g/mol. The molecule has 4 aromatic carbocycles. The Kier molecular flexibility index (Phi) is 11.7. The Morgan fingerprint density at radius 1 is 0.561 bits per heavy atom. The fraction of sp³-hybridized carbons (Fsp3) is 0.200. The number of hydrogen-bond donors (Lipinski definition) is 1. The van der Waals surface area contributed by atoms with E-state index in [1.807, 2.05) is 115 Å². The van der Waals surface area contributed by atoms with Crippen molar-refractivity contribution >= 4 is 32.8 Å². The first-order valence-electron chi connectivity index (χ1n) is 14.4. The minimum absolute atomic E-state index is 0.631. The van der Waals surface area contributed by atoms with E-state index in [-0.39, 0.29) is 0 Å². The minimum Gasteiger partial charge on any atom is -0.342 e. The van der Waals surface area contributed by atoms with Crippen molar-refractivity contribution in [2.75, 3.05) is 0 Å². The first-order chi connectivity index (χ1) is 20.3. The van der Waals surface area contributed by atoms with Gasteiger partial charge in [-0.15, -0.1) is 0 Å². The maximum Gasteiger partial charge on any atom is 0.238 e. The second kappa shape index (κ2) is 15.7. The molecule has 7 aromatic rings. The van der Waals surface area contributed by atoms with Crippen LogP contribution >= 0.6 is 0 Å². The third kappa shape index (κ3) is 7.03. The molecule has 7 rings (SSSR count). The quantitative estimate of drug-likeness (QED) is 0.235. The van der Waals surface area contributed by atoms with Crippen molar-refractivity contribution in [3.63, 3.8) is 0 Å². The van der Waals surface area contributed by atoms with E-state index in [9.17, 15) is 0 Å². The van der Waals surface area contributed by atoms with Crippen LogP contribution in [0.1, 0.15) is 47.4 Å². The summed E-state index contributed by atoms with van der Waals surface area (Å²) >= 11 is 0. The van der Waals surface area contributed by atoms with Crippen LogP contribution in [-0.2, 0) is 0 Å². The molecule has 0 atom stereocenters. The Morgan fingerprint density at radius 2 is 1.10 bits per heavy atom. The zero-order chi connectivity index (χ0) is 29.6. The van der Waals surface area contributed by atoms with Crippen molar-refractivity contribution in [1.82, 2.24) is 29.5 Å². The lowest BCUT2D eigenvalue weighted by Crippen LogP contribution is -2.03. The number of aromatic nitrogens is 6. The summed E-state index contributed by atoms with van der Waals surface area (Å²) in [5.41, 5.74) is 5.31. The van der Waals surface area contributed by atoms with E-state index in [1.165, 1.54) is 10.8 Å². The summed E-state index contributed by atoms with van der Waals surface area (Å²) in [5.74, 6) is 2.28. The predicted octanol–water partition coefficient (Wildman–Crippen LogP) is 9.59. The second-order valence-corrected chi connectivity index (χ2v) is 8.18. The van der Waals surface area contributed by atoms with Crippen LogP contribution in [0, 0.1) is 6.92 Å². The number of imidazole rings is 1. The normalized spacial score (nSPS) is 9.83. The van der Waals surface area contributed by atoms with Crippen LogP contribution in [0.5, 0.6) is 0 Å². The van der Waals surface area contributed by atoms with Gasteiger partial charge < -0.3 is 4.98 Å². The number of rotatable bonds is 2. The third-order valence-corrected chi connectivity index (χ3v) is 5.88. The van der Waals surface area contributed by atoms with E-state index >= 15 is 0 Å². The molecule has 41 heavy (non-hydrogen) atoms. The molecule has 3 aromatic heterocycles. The average molecular weight is 545 g/mol. The average Bonchev–Trinajstić information content (AvgIpc) is 3.62. The largest absolute Gasteiger partial charge is 0.342 e. The van der Waals surface area contributed by atoms with Crippen LogP contribution in [0.25, 0.3) is 50.2 Å². The van der Waals surface area contributed by atoms with Gasteiger partial charge in [0.2, 0.25) is 5.95 Å². The number of aromatic amines is 1. The molecule has 0 fully saturated rings. The van der Waals surface area contributed by atoms with Crippen LogP contribution in [0.2, 0.25) is 0 Å². The lowest BCUT2D eigenvalue weighted by molar-refractivity contribution is 0.946. The van der Waals surface area contributed by atoms with Crippen LogP contribution in [-0.4, -0.2) is 29.5 Å². The summed E-state index contributed by atoms with van der Waals surface area (Å²) in [6, 6.07) is 34.6. The number of hydrogen-bond acceptors (Lipinski definition) is 4. The van der Waals surface area contributed by atoms with Gasteiger partial charge in [0.25, 0.3) is 0 Å². The van der Waals surface area contributed by atoms with E-state index in [4.69, 9.17) is 4.98 Å². The number of H-pyrrole nitrogens is 1. The van der Waals surface area contributed by atoms with Crippen molar-refractivity contribution in [1.29, 1.82) is 0 Å². The van der Waals surface area contributed by atoms with Gasteiger partial charge in [0.1, 0.15) is 12.2 Å². The Bertz CT molecular complexity index is 1680. The topological polar surface area (TPSA) is 72.3 Å². The molecule has 0 saturated carbocycles. The van der Waals surface area contributed by atoms with Gasteiger partial charge in [-0.3, -0.25) is 4.57 Å². The third-order valence-electron chi connectivity index (χ3n) is 5.88. The highest BCUT2D eigenvalue weighted by molar-refractivity contribution is 6.08. The van der Waals surface area contributed by atoms with Crippen molar-refractivity contribution in [3.05, 3.63) is 115 Å². The first kappa shape index (κ1) is 30.7. The number of aryl methyl sites for hydroxylation is 1. The fourth-order valence-corrected chi connectivity index (χ4v) is 4.34. The first-order valence-corrected chi connectivity index (χ1v) is 14.4. The Morgan fingerprint density at radius 3 is 1.71 bits per heavy atom. The molecular formula is C35H40N6. The Hall–Kier alpha value is -4.84. The van der Waals surface area contributed by atoms with Crippen LogP contribution in [0.3, 0.4) is 0 Å². The second-order valence-electron chi connectivity index (χ2n) is 8.18. The Balaban J connectivity index is 0.000000241. The molecule has 0 bridgehead atoms. The summed E-state index contributed by atoms with van der Waals surface area (Å²) in [6.07, 6.45) is 1.58. The van der Waals surface area contributed by atoms with Gasteiger partial charge in [0, 0.05) is 16.3 Å². The highest BCUT2D eigenvalue weighted by Crippen LogP contribution is 2.30. The number of benzene rings is 4. The summed E-state index contributed by atoms with van der Waals surface area (Å²) in [6.45, 7) is 14.0. The summed E-state index contributed by atoms with van der Waals surface area (Å²) < 4.78 is 2.10. The van der Waals surface area contributed by atoms with Crippen molar-refractivity contribution in [2.45, 2.75) is 48.5 Å². The lowest BCUT2D eigenvalue weighted by atomic mass is 10.2. The van der Waals surface area contributed by atoms with E-state index in [0.717, 1.165) is 33.5 Å². The lowest BCUT2D eigenvalue weighted by Gasteiger charge is -2.07. The van der Waals surface area contributed by atoms with E-state index in [2.05, 4.69) is 60.9 Å². The SMILES string of the molecule is CC.CC.CC.Cc1nc2ccccc2[nH]1.c1ccc(-c2ncnc(-n3c4ccccc4c4ccccc43)n2)cc1. The number of fused-ring (bicyclic) bond motifs is 4. The zero-order valence-corrected chi connectivity index (χ0v) is 25.1. The molecule has 210 valence electrons. The van der Waals surface area contributed by atoms with Crippen LogP contribution in [0.15, 0.2) is 109 Å². The molecule has 1 N–H and O–H groups in total. The molecule has 0 aliphatic rings. The van der Waals surface area contributed by atoms with E-state index < -0.39 is 0 Å². The van der Waals surface area contributed by atoms with Crippen LogP contribution < -0.4 is 0 Å². The molecule has 0 radical (unpaired) electrons. The van der Waals surface area contributed by atoms with Crippen LogP contribution in [0.4, 0.5) is 0 Å². The maximum absolute atomic E-state index is 4.73. The van der Waals surface area contributed by atoms with Crippen molar-refractivity contribution in [2.24, 2.45) is 0 Å². The van der Waals surface area contributed by atoms with Gasteiger partial charge in [-0.25, -0.2) is 15.0 Å². The van der Waals surface area contributed by atoms with Gasteiger partial charge in [0.05, 0.1) is 22.1 Å². The van der Waals surface area contributed by atoms with Crippen molar-refractivity contribution < 1.29 is 0 Å². The monoisotopic (exact) mass is 544 g/mol. The van der Waals surface area contributed by atoms with Gasteiger partial charge in [0.15, 0.2) is 5.82 Å². The molecule has 0 amide bonds. The van der Waals surface area contributed by atoms with Gasteiger partial charge >= 0.3 is 0 Å². The smallest absolute Gasteiger partial charge is 0.238 e. The standard InChI is InChI=1S/C21H14N4.C8H8N2.3C2H6/c1-2-8-15(9-3-1)20-22-14-23-21(24-20)25-18-12-6-4-10-16(18)17-11-5-7-13-19(17)25;1-6-9-7-4-2-3-5-8(7)10-6;3*1-2/h1-14H;2-5H,1H3,(H,9,10);3*1-2H3. The van der Waals surface area contributed by atoms with Crippen molar-refractivity contribution in [3.8, 4) is 17.3 Å². The molecule has 0 spiro atoms. The summed E-state index contributed by atoms with van der Waals surface area (Å²) in [5, 5.41) is 2.39. The fourth-order valence-electron chi connectivity index (χ4n) is 4.34. The maximum atomic E-state index is 4.73. The predicted molar refractivity (Wildman–Crippen MR) is 174 cm³/mol. The van der Waals surface area contributed by atoms with E-state index in [1.54, 1.807) is 6.33 Å². The summed E-state index contributed by atoms with van der Waals surface area (Å²) in [7, 11) is 0. The molecule has 0 saturated heterocycles. The van der Waals surface area contributed by atoms with Gasteiger partial charge in [-0.05, 0) is 31.2 Å². The summed E-state index contributed by atoms with van der Waals surface area (Å²) in [4.78, 5) is 20.9. The Labute approximate surface area is 243 Å². The highest BCUT2D eigenvalue weighted by atomic mass is 15.2. The van der Waals surface area contributed by atoms with Gasteiger partial charge in [-0.2, -0.15) is 4.98 Å². The number of nitrogens with zero attached hydrogens (tertiary/aromatic N) is 5. The number of nitrogens with one attached hydrogen (secondary N) is 1. The zero-order valence-electron chi connectivity index (χ0n) is 25.1. The molecule has 0 aliphatic carbocycles. The number of para-hydroxylation sites is 4. The highest BCUT2D eigenvalue weighted by Gasteiger charge is 2.14. The minimum atomic E-state index is 0.631. The van der Waals surface area contributed by atoms with E-state index in [0.29, 0.717) is 11.8 Å². The molecule has 0 unspecified atom stereocenters. The molecule has 6 heteroatoms. The molecule has 3 heterocycles. The molecule has 6 nitrogen and oxygen atoms in total. The molecule has 0 aliphatic heterocycles. The van der Waals surface area contributed by atoms with Gasteiger partial charge in [-0.1, -0.05) is 120 Å².